The number of rotatable bonds is 6. The molecule has 0 atom stereocenters. The van der Waals surface area contributed by atoms with Crippen molar-refractivity contribution in [1.29, 1.82) is 0 Å². The first-order valence-electron chi connectivity index (χ1n) is 8.96. The Morgan fingerprint density at radius 3 is 2.62 bits per heavy atom. The SMILES string of the molecule is Cc1c(C(N)=O)c(-c2cccc(O)c2)c(C)n1CCCN1CCCC1=O. The number of hydrogen-bond acceptors (Lipinski definition) is 3. The van der Waals surface area contributed by atoms with Crippen molar-refractivity contribution < 1.29 is 14.7 Å². The maximum Gasteiger partial charge on any atom is 0.251 e. The zero-order valence-corrected chi connectivity index (χ0v) is 15.3. The highest BCUT2D eigenvalue weighted by atomic mass is 16.3. The summed E-state index contributed by atoms with van der Waals surface area (Å²) in [6, 6.07) is 6.85. The van der Waals surface area contributed by atoms with E-state index in [1.54, 1.807) is 18.2 Å². The van der Waals surface area contributed by atoms with Gasteiger partial charge in [0.05, 0.1) is 5.56 Å². The molecule has 2 amide bonds. The first-order valence-corrected chi connectivity index (χ1v) is 8.96. The standard InChI is InChI=1S/C20H25N3O3/c1-13-18(15-6-3-7-16(24)12-15)19(20(21)26)14(2)23(13)11-5-10-22-9-4-8-17(22)25/h3,6-7,12,24H,4-5,8-11H2,1-2H3,(H2,21,26). The third-order valence-electron chi connectivity index (χ3n) is 5.15. The Morgan fingerprint density at radius 1 is 1.23 bits per heavy atom. The number of phenols is 1. The van der Waals surface area contributed by atoms with E-state index in [4.69, 9.17) is 5.73 Å². The van der Waals surface area contributed by atoms with E-state index < -0.39 is 5.91 Å². The molecule has 3 rings (SSSR count). The molecule has 1 aliphatic rings. The maximum atomic E-state index is 12.1. The topological polar surface area (TPSA) is 88.6 Å². The zero-order chi connectivity index (χ0) is 18.8. The number of carbonyl (C=O) groups is 2. The van der Waals surface area contributed by atoms with E-state index in [2.05, 4.69) is 4.57 Å². The van der Waals surface area contributed by atoms with Crippen LogP contribution < -0.4 is 5.73 Å². The lowest BCUT2D eigenvalue weighted by Crippen LogP contribution is -2.26. The van der Waals surface area contributed by atoms with Gasteiger partial charge in [-0.2, -0.15) is 0 Å². The van der Waals surface area contributed by atoms with Crippen molar-refractivity contribution in [2.45, 2.75) is 39.7 Å². The molecule has 3 N–H and O–H groups in total. The summed E-state index contributed by atoms with van der Waals surface area (Å²) in [6.45, 7) is 6.12. The molecule has 1 aromatic carbocycles. The number of phenolic OH excluding ortho intramolecular Hbond substituents is 1. The third-order valence-corrected chi connectivity index (χ3v) is 5.15. The van der Waals surface area contributed by atoms with Crippen LogP contribution in [0.3, 0.4) is 0 Å². The smallest absolute Gasteiger partial charge is 0.251 e. The maximum absolute atomic E-state index is 12.1. The average molecular weight is 355 g/mol. The molecule has 1 saturated heterocycles. The predicted molar refractivity (Wildman–Crippen MR) is 100.0 cm³/mol. The first-order chi connectivity index (χ1) is 12.4. The quantitative estimate of drug-likeness (QED) is 0.835. The summed E-state index contributed by atoms with van der Waals surface area (Å²) in [5.41, 5.74) is 9.44. The van der Waals surface area contributed by atoms with E-state index in [9.17, 15) is 14.7 Å². The van der Waals surface area contributed by atoms with Crippen molar-refractivity contribution in [2.75, 3.05) is 13.1 Å². The number of amides is 2. The molecule has 0 aliphatic carbocycles. The van der Waals surface area contributed by atoms with Gasteiger partial charge in [0.15, 0.2) is 0 Å². The number of hydrogen-bond donors (Lipinski definition) is 2. The summed E-state index contributed by atoms with van der Waals surface area (Å²) >= 11 is 0. The molecule has 0 saturated carbocycles. The van der Waals surface area contributed by atoms with Crippen LogP contribution in [-0.4, -0.2) is 39.5 Å². The van der Waals surface area contributed by atoms with E-state index in [0.717, 1.165) is 48.4 Å². The van der Waals surface area contributed by atoms with Gasteiger partial charge in [-0.1, -0.05) is 12.1 Å². The first kappa shape index (κ1) is 18.0. The van der Waals surface area contributed by atoms with Crippen molar-refractivity contribution in [2.24, 2.45) is 5.73 Å². The minimum atomic E-state index is -0.475. The molecule has 2 aromatic rings. The molecule has 1 fully saturated rings. The van der Waals surface area contributed by atoms with Gasteiger partial charge in [0, 0.05) is 43.0 Å². The number of aromatic nitrogens is 1. The molecule has 6 heteroatoms. The molecule has 26 heavy (non-hydrogen) atoms. The Balaban J connectivity index is 1.90. The molecule has 0 spiro atoms. The van der Waals surface area contributed by atoms with E-state index >= 15 is 0 Å². The Bertz CT molecular complexity index is 854. The van der Waals surface area contributed by atoms with Gasteiger partial charge in [0.2, 0.25) is 5.91 Å². The van der Waals surface area contributed by atoms with Crippen LogP contribution in [0.25, 0.3) is 11.1 Å². The van der Waals surface area contributed by atoms with Crippen molar-refractivity contribution in [1.82, 2.24) is 9.47 Å². The van der Waals surface area contributed by atoms with E-state index in [-0.39, 0.29) is 11.7 Å². The molecule has 1 aliphatic heterocycles. The Labute approximate surface area is 153 Å². The van der Waals surface area contributed by atoms with Crippen LogP contribution in [0, 0.1) is 13.8 Å². The minimum absolute atomic E-state index is 0.148. The van der Waals surface area contributed by atoms with Gasteiger partial charge in [-0.05, 0) is 44.4 Å². The second-order valence-corrected chi connectivity index (χ2v) is 6.82. The van der Waals surface area contributed by atoms with Gasteiger partial charge in [0.1, 0.15) is 5.75 Å². The molecule has 1 aromatic heterocycles. The Kier molecular flexibility index (Phi) is 5.02. The van der Waals surface area contributed by atoms with Crippen molar-refractivity contribution in [3.05, 3.63) is 41.2 Å². The van der Waals surface area contributed by atoms with E-state index in [1.165, 1.54) is 0 Å². The van der Waals surface area contributed by atoms with Crippen LogP contribution in [0.5, 0.6) is 5.75 Å². The van der Waals surface area contributed by atoms with Crippen LogP contribution in [0.4, 0.5) is 0 Å². The summed E-state index contributed by atoms with van der Waals surface area (Å²) in [4.78, 5) is 25.7. The third kappa shape index (κ3) is 3.31. The summed E-state index contributed by atoms with van der Waals surface area (Å²) < 4.78 is 2.08. The Hall–Kier alpha value is -2.76. The molecule has 0 radical (unpaired) electrons. The van der Waals surface area contributed by atoms with Gasteiger partial charge in [-0.3, -0.25) is 9.59 Å². The number of likely N-dealkylation sites (tertiary alicyclic amines) is 1. The summed E-state index contributed by atoms with van der Waals surface area (Å²) in [5.74, 6) is -0.100. The van der Waals surface area contributed by atoms with Gasteiger partial charge < -0.3 is 20.3 Å². The summed E-state index contributed by atoms with van der Waals surface area (Å²) in [6.07, 6.45) is 2.41. The predicted octanol–water partition coefficient (Wildman–Crippen LogP) is 2.59. The fourth-order valence-corrected chi connectivity index (χ4v) is 3.89. The molecule has 6 nitrogen and oxygen atoms in total. The number of benzene rings is 1. The van der Waals surface area contributed by atoms with E-state index in [0.29, 0.717) is 18.5 Å². The van der Waals surface area contributed by atoms with Crippen molar-refractivity contribution in [3.8, 4) is 16.9 Å². The lowest BCUT2D eigenvalue weighted by Gasteiger charge is -2.16. The lowest BCUT2D eigenvalue weighted by molar-refractivity contribution is -0.127. The highest BCUT2D eigenvalue weighted by molar-refractivity contribution is 6.02. The monoisotopic (exact) mass is 355 g/mol. The van der Waals surface area contributed by atoms with Gasteiger partial charge >= 0.3 is 0 Å². The lowest BCUT2D eigenvalue weighted by atomic mass is 10.00. The number of aromatic hydroxyl groups is 1. The number of nitrogens with zero attached hydrogens (tertiary/aromatic N) is 2. The molecule has 0 bridgehead atoms. The van der Waals surface area contributed by atoms with Crippen LogP contribution in [0.15, 0.2) is 24.3 Å². The molecular weight excluding hydrogens is 330 g/mol. The highest BCUT2D eigenvalue weighted by Gasteiger charge is 2.23. The highest BCUT2D eigenvalue weighted by Crippen LogP contribution is 2.34. The van der Waals surface area contributed by atoms with Crippen LogP contribution >= 0.6 is 0 Å². The van der Waals surface area contributed by atoms with Crippen LogP contribution in [0.1, 0.15) is 41.0 Å². The van der Waals surface area contributed by atoms with Gasteiger partial charge in [0.25, 0.3) is 5.91 Å². The minimum Gasteiger partial charge on any atom is -0.508 e. The fraction of sp³-hybridized carbons (Fsp3) is 0.400. The van der Waals surface area contributed by atoms with Crippen molar-refractivity contribution in [3.63, 3.8) is 0 Å². The Morgan fingerprint density at radius 2 is 2.00 bits per heavy atom. The molecule has 138 valence electrons. The molecule has 0 unspecified atom stereocenters. The summed E-state index contributed by atoms with van der Waals surface area (Å²) in [7, 11) is 0. The van der Waals surface area contributed by atoms with Crippen LogP contribution in [0.2, 0.25) is 0 Å². The number of carbonyl (C=O) groups excluding carboxylic acids is 2. The molecular formula is C20H25N3O3. The van der Waals surface area contributed by atoms with Gasteiger partial charge in [-0.25, -0.2) is 0 Å². The number of nitrogens with two attached hydrogens (primary N) is 1. The zero-order valence-electron chi connectivity index (χ0n) is 15.3. The normalized spacial score (nSPS) is 14.2. The number of primary amides is 1. The van der Waals surface area contributed by atoms with Crippen LogP contribution in [-0.2, 0) is 11.3 Å². The largest absolute Gasteiger partial charge is 0.508 e. The fourth-order valence-electron chi connectivity index (χ4n) is 3.89. The average Bonchev–Trinajstić information content (AvgIpc) is 3.10. The second kappa shape index (κ2) is 7.23. The second-order valence-electron chi connectivity index (χ2n) is 6.82. The van der Waals surface area contributed by atoms with E-state index in [1.807, 2.05) is 24.8 Å². The molecule has 2 heterocycles. The van der Waals surface area contributed by atoms with Gasteiger partial charge in [-0.15, -0.1) is 0 Å². The van der Waals surface area contributed by atoms with Crippen molar-refractivity contribution >= 4 is 11.8 Å². The summed E-state index contributed by atoms with van der Waals surface area (Å²) in [5, 5.41) is 9.80.